The standard InChI is InChI=1S/C20H20N4OS2/c1-11-7-12(2)19(13(3)8-11)21-18(25)10-27-20-16-9-17-15(5-6-26-17)24(16)14(4)22-23-20/h5-9H,10H2,1-4H3,(H,21,25). The molecule has 1 aromatic carbocycles. The third kappa shape index (κ3) is 3.33. The average molecular weight is 397 g/mol. The molecule has 27 heavy (non-hydrogen) atoms. The van der Waals surface area contributed by atoms with Crippen molar-refractivity contribution in [1.82, 2.24) is 14.6 Å². The van der Waals surface area contributed by atoms with Gasteiger partial charge in [0.1, 0.15) is 10.9 Å². The van der Waals surface area contributed by atoms with Crippen molar-refractivity contribution in [2.75, 3.05) is 11.1 Å². The molecule has 7 heteroatoms. The summed E-state index contributed by atoms with van der Waals surface area (Å²) in [4.78, 5) is 12.5. The van der Waals surface area contributed by atoms with E-state index in [0.29, 0.717) is 5.75 Å². The predicted octanol–water partition coefficient (Wildman–Crippen LogP) is 4.91. The van der Waals surface area contributed by atoms with E-state index in [1.807, 2.05) is 20.8 Å². The molecule has 0 unspecified atom stereocenters. The van der Waals surface area contributed by atoms with Crippen molar-refractivity contribution in [2.45, 2.75) is 32.7 Å². The van der Waals surface area contributed by atoms with E-state index < -0.39 is 0 Å². The molecule has 0 saturated carbocycles. The van der Waals surface area contributed by atoms with E-state index >= 15 is 0 Å². The molecule has 4 aromatic rings. The van der Waals surface area contributed by atoms with Crippen molar-refractivity contribution in [3.05, 3.63) is 52.2 Å². The quantitative estimate of drug-likeness (QED) is 0.498. The van der Waals surface area contributed by atoms with Crippen molar-refractivity contribution >= 4 is 50.4 Å². The minimum Gasteiger partial charge on any atom is -0.325 e. The molecule has 4 rings (SSSR count). The molecule has 0 saturated heterocycles. The van der Waals surface area contributed by atoms with Gasteiger partial charge in [-0.2, -0.15) is 0 Å². The van der Waals surface area contributed by atoms with Crippen LogP contribution in [0.1, 0.15) is 22.5 Å². The summed E-state index contributed by atoms with van der Waals surface area (Å²) in [5.74, 6) is 1.10. The van der Waals surface area contributed by atoms with Gasteiger partial charge < -0.3 is 5.32 Å². The smallest absolute Gasteiger partial charge is 0.234 e. The molecule has 3 aromatic heterocycles. The highest BCUT2D eigenvalue weighted by molar-refractivity contribution is 8.00. The Morgan fingerprint density at radius 2 is 1.85 bits per heavy atom. The number of aromatic nitrogens is 3. The second-order valence-electron chi connectivity index (χ2n) is 6.70. The van der Waals surface area contributed by atoms with Crippen LogP contribution in [0.15, 0.2) is 34.7 Å². The fourth-order valence-electron chi connectivity index (χ4n) is 3.43. The number of nitrogens with zero attached hydrogens (tertiary/aromatic N) is 3. The van der Waals surface area contributed by atoms with Gasteiger partial charge in [0, 0.05) is 5.69 Å². The summed E-state index contributed by atoms with van der Waals surface area (Å²) in [7, 11) is 0. The number of carbonyl (C=O) groups excluding carboxylic acids is 1. The fraction of sp³-hybridized carbons (Fsp3) is 0.250. The zero-order valence-electron chi connectivity index (χ0n) is 15.7. The summed E-state index contributed by atoms with van der Waals surface area (Å²) in [6.07, 6.45) is 0. The lowest BCUT2D eigenvalue weighted by molar-refractivity contribution is -0.113. The Balaban J connectivity index is 1.55. The number of anilines is 1. The first-order valence-electron chi connectivity index (χ1n) is 8.66. The maximum atomic E-state index is 12.5. The lowest BCUT2D eigenvalue weighted by Crippen LogP contribution is -2.16. The van der Waals surface area contributed by atoms with Crippen LogP contribution in [-0.2, 0) is 4.79 Å². The summed E-state index contributed by atoms with van der Waals surface area (Å²) < 4.78 is 3.30. The van der Waals surface area contributed by atoms with E-state index in [9.17, 15) is 4.79 Å². The van der Waals surface area contributed by atoms with Crippen LogP contribution < -0.4 is 5.32 Å². The molecule has 0 aliphatic rings. The number of thiophene rings is 1. The van der Waals surface area contributed by atoms with Crippen LogP contribution in [0.5, 0.6) is 0 Å². The number of hydrogen-bond acceptors (Lipinski definition) is 5. The van der Waals surface area contributed by atoms with E-state index in [1.165, 1.54) is 22.0 Å². The summed E-state index contributed by atoms with van der Waals surface area (Å²) >= 11 is 3.11. The Labute approximate surface area is 165 Å². The molecule has 1 amide bonds. The molecule has 138 valence electrons. The Morgan fingerprint density at radius 3 is 2.59 bits per heavy atom. The predicted molar refractivity (Wildman–Crippen MR) is 113 cm³/mol. The Hall–Kier alpha value is -2.38. The van der Waals surface area contributed by atoms with Crippen LogP contribution in [0, 0.1) is 27.7 Å². The van der Waals surface area contributed by atoms with Crippen LogP contribution >= 0.6 is 23.1 Å². The third-order valence-corrected chi connectivity index (χ3v) is 6.36. The number of thioether (sulfide) groups is 1. The Kier molecular flexibility index (Phi) is 4.65. The number of rotatable bonds is 4. The van der Waals surface area contributed by atoms with E-state index in [-0.39, 0.29) is 5.91 Å². The normalized spacial score (nSPS) is 11.4. The highest BCUT2D eigenvalue weighted by Gasteiger charge is 2.15. The SMILES string of the molecule is Cc1cc(C)c(NC(=O)CSc2nnc(C)n3c2cc2sccc23)c(C)c1. The van der Waals surface area contributed by atoms with Crippen molar-refractivity contribution < 1.29 is 4.79 Å². The molecule has 0 fully saturated rings. The van der Waals surface area contributed by atoms with E-state index in [2.05, 4.69) is 56.5 Å². The molecule has 3 heterocycles. The van der Waals surface area contributed by atoms with Gasteiger partial charge in [0.2, 0.25) is 5.91 Å². The first-order valence-corrected chi connectivity index (χ1v) is 10.5. The van der Waals surface area contributed by atoms with Gasteiger partial charge in [-0.05, 0) is 56.3 Å². The van der Waals surface area contributed by atoms with Crippen LogP contribution in [0.3, 0.4) is 0 Å². The van der Waals surface area contributed by atoms with Gasteiger partial charge >= 0.3 is 0 Å². The van der Waals surface area contributed by atoms with Gasteiger partial charge in [-0.15, -0.1) is 21.5 Å². The number of nitrogens with one attached hydrogen (secondary N) is 1. The lowest BCUT2D eigenvalue weighted by Gasteiger charge is -2.13. The number of benzene rings is 1. The molecule has 0 aliphatic heterocycles. The van der Waals surface area contributed by atoms with E-state index in [1.54, 1.807) is 11.3 Å². The number of amides is 1. The van der Waals surface area contributed by atoms with Gasteiger partial charge in [-0.25, -0.2) is 0 Å². The summed E-state index contributed by atoms with van der Waals surface area (Å²) in [6.45, 7) is 8.04. The van der Waals surface area contributed by atoms with Crippen molar-refractivity contribution in [3.63, 3.8) is 0 Å². The largest absolute Gasteiger partial charge is 0.325 e. The summed E-state index contributed by atoms with van der Waals surface area (Å²) in [6, 6.07) is 8.37. The van der Waals surface area contributed by atoms with Crippen LogP contribution in [0.4, 0.5) is 5.69 Å². The molecule has 0 spiro atoms. The molecule has 0 aliphatic carbocycles. The zero-order chi connectivity index (χ0) is 19.1. The van der Waals surface area contributed by atoms with Crippen molar-refractivity contribution in [2.24, 2.45) is 0 Å². The molecular weight excluding hydrogens is 376 g/mol. The number of carbonyl (C=O) groups is 1. The zero-order valence-corrected chi connectivity index (χ0v) is 17.3. The third-order valence-electron chi connectivity index (χ3n) is 4.53. The summed E-state index contributed by atoms with van der Waals surface area (Å²) in [5, 5.41) is 14.5. The highest BCUT2D eigenvalue weighted by Crippen LogP contribution is 2.31. The molecule has 0 radical (unpaired) electrons. The highest BCUT2D eigenvalue weighted by atomic mass is 32.2. The van der Waals surface area contributed by atoms with Crippen LogP contribution in [0.25, 0.3) is 15.7 Å². The monoisotopic (exact) mass is 396 g/mol. The first kappa shape index (κ1) is 18.0. The molecule has 0 bridgehead atoms. The maximum absolute atomic E-state index is 12.5. The topological polar surface area (TPSA) is 59.3 Å². The van der Waals surface area contributed by atoms with Gasteiger partial charge in [-0.1, -0.05) is 29.5 Å². The second-order valence-corrected chi connectivity index (χ2v) is 8.61. The average Bonchev–Trinajstić information content (AvgIpc) is 3.18. The molecule has 1 N–H and O–H groups in total. The number of aryl methyl sites for hydroxylation is 4. The molecule has 5 nitrogen and oxygen atoms in total. The lowest BCUT2D eigenvalue weighted by atomic mass is 10.1. The fourth-order valence-corrected chi connectivity index (χ4v) is 4.97. The Bertz CT molecular complexity index is 1150. The number of hydrogen-bond donors (Lipinski definition) is 1. The van der Waals surface area contributed by atoms with E-state index in [0.717, 1.165) is 38.7 Å². The van der Waals surface area contributed by atoms with Gasteiger partial charge in [0.05, 0.1) is 21.5 Å². The van der Waals surface area contributed by atoms with Crippen LogP contribution in [0.2, 0.25) is 0 Å². The van der Waals surface area contributed by atoms with Gasteiger partial charge in [-0.3, -0.25) is 9.20 Å². The van der Waals surface area contributed by atoms with Crippen molar-refractivity contribution in [3.8, 4) is 0 Å². The Morgan fingerprint density at radius 1 is 1.11 bits per heavy atom. The second kappa shape index (κ2) is 6.98. The molecule has 0 atom stereocenters. The summed E-state index contributed by atoms with van der Waals surface area (Å²) in [5.41, 5.74) is 6.40. The van der Waals surface area contributed by atoms with Gasteiger partial charge in [0.25, 0.3) is 0 Å². The first-order chi connectivity index (χ1) is 12.9. The maximum Gasteiger partial charge on any atom is 0.234 e. The van der Waals surface area contributed by atoms with Crippen molar-refractivity contribution in [1.29, 1.82) is 0 Å². The number of fused-ring (bicyclic) bond motifs is 3. The van der Waals surface area contributed by atoms with Gasteiger partial charge in [0.15, 0.2) is 0 Å². The van der Waals surface area contributed by atoms with E-state index in [4.69, 9.17) is 0 Å². The minimum atomic E-state index is -0.0380. The minimum absolute atomic E-state index is 0.0380. The molecular formula is C20H20N4OS2. The van der Waals surface area contributed by atoms with Crippen LogP contribution in [-0.4, -0.2) is 26.3 Å².